The minimum Gasteiger partial charge on any atom is -0.301 e. The Bertz CT molecular complexity index is 298. The quantitative estimate of drug-likeness (QED) is 0.686. The number of imide groups is 1. The van der Waals surface area contributed by atoms with E-state index >= 15 is 0 Å². The molecule has 96 valence electrons. The van der Waals surface area contributed by atoms with Crippen molar-refractivity contribution in [2.45, 2.75) is 19.8 Å². The standard InChI is InChI=1S/C12H21N3O2/c1-2-14-5-7-15(8-6-14)9-10-3-4-11(16)13-12(10)17/h10H,2-9H2,1H3,(H,13,16,17). The highest BCUT2D eigenvalue weighted by Gasteiger charge is 2.29. The number of hydrogen-bond acceptors (Lipinski definition) is 4. The number of piperazine rings is 1. The minimum absolute atomic E-state index is 0.000812. The number of piperidine rings is 1. The van der Waals surface area contributed by atoms with Gasteiger partial charge in [-0.15, -0.1) is 0 Å². The molecule has 2 heterocycles. The van der Waals surface area contributed by atoms with Crippen molar-refractivity contribution >= 4 is 11.8 Å². The molecule has 2 aliphatic heterocycles. The summed E-state index contributed by atoms with van der Waals surface area (Å²) in [5.74, 6) is -0.206. The Balaban J connectivity index is 1.78. The second-order valence-corrected chi connectivity index (χ2v) is 4.88. The van der Waals surface area contributed by atoms with Crippen LogP contribution in [0.4, 0.5) is 0 Å². The topological polar surface area (TPSA) is 52.6 Å². The van der Waals surface area contributed by atoms with Crippen LogP contribution in [0.3, 0.4) is 0 Å². The summed E-state index contributed by atoms with van der Waals surface area (Å²) in [5.41, 5.74) is 0. The van der Waals surface area contributed by atoms with E-state index in [1.165, 1.54) is 0 Å². The maximum atomic E-state index is 11.6. The van der Waals surface area contributed by atoms with Crippen LogP contribution in [0.5, 0.6) is 0 Å². The van der Waals surface area contributed by atoms with Gasteiger partial charge in [-0.3, -0.25) is 14.9 Å². The lowest BCUT2D eigenvalue weighted by Crippen LogP contribution is -2.51. The van der Waals surface area contributed by atoms with Gasteiger partial charge in [0, 0.05) is 39.1 Å². The lowest BCUT2D eigenvalue weighted by molar-refractivity contribution is -0.136. The van der Waals surface area contributed by atoms with E-state index in [1.54, 1.807) is 0 Å². The fourth-order valence-corrected chi connectivity index (χ4v) is 2.51. The third-order valence-electron chi connectivity index (χ3n) is 3.74. The van der Waals surface area contributed by atoms with E-state index in [0.29, 0.717) is 12.8 Å². The molecule has 0 spiro atoms. The van der Waals surface area contributed by atoms with Crippen molar-refractivity contribution in [1.29, 1.82) is 0 Å². The van der Waals surface area contributed by atoms with Crippen LogP contribution in [-0.2, 0) is 9.59 Å². The highest BCUT2D eigenvalue weighted by molar-refractivity contribution is 5.98. The third-order valence-corrected chi connectivity index (χ3v) is 3.74. The van der Waals surface area contributed by atoms with E-state index in [9.17, 15) is 9.59 Å². The van der Waals surface area contributed by atoms with E-state index < -0.39 is 0 Å². The predicted molar refractivity (Wildman–Crippen MR) is 64.4 cm³/mol. The molecule has 0 bridgehead atoms. The predicted octanol–water partition coefficient (Wildman–Crippen LogP) is -0.323. The number of hydrogen-bond donors (Lipinski definition) is 1. The van der Waals surface area contributed by atoms with Crippen molar-refractivity contribution in [3.63, 3.8) is 0 Å². The molecule has 0 aliphatic carbocycles. The molecular formula is C12H21N3O2. The Morgan fingerprint density at radius 1 is 1.18 bits per heavy atom. The molecule has 0 aromatic carbocycles. The van der Waals surface area contributed by atoms with Crippen molar-refractivity contribution in [2.24, 2.45) is 5.92 Å². The van der Waals surface area contributed by atoms with Gasteiger partial charge in [0.2, 0.25) is 11.8 Å². The molecule has 2 rings (SSSR count). The smallest absolute Gasteiger partial charge is 0.230 e. The van der Waals surface area contributed by atoms with Gasteiger partial charge in [-0.25, -0.2) is 0 Å². The number of likely N-dealkylation sites (N-methyl/N-ethyl adjacent to an activating group) is 1. The highest BCUT2D eigenvalue weighted by Crippen LogP contribution is 2.15. The number of rotatable bonds is 3. The van der Waals surface area contributed by atoms with Crippen LogP contribution < -0.4 is 5.32 Å². The number of amides is 2. The molecule has 0 radical (unpaired) electrons. The monoisotopic (exact) mass is 239 g/mol. The Kier molecular flexibility index (Phi) is 4.12. The molecule has 0 aromatic rings. The molecule has 2 fully saturated rings. The largest absolute Gasteiger partial charge is 0.301 e. The zero-order chi connectivity index (χ0) is 12.3. The van der Waals surface area contributed by atoms with Gasteiger partial charge < -0.3 is 9.80 Å². The lowest BCUT2D eigenvalue weighted by atomic mass is 9.97. The molecule has 5 nitrogen and oxygen atoms in total. The van der Waals surface area contributed by atoms with E-state index in [4.69, 9.17) is 0 Å². The van der Waals surface area contributed by atoms with Crippen LogP contribution >= 0.6 is 0 Å². The first-order chi connectivity index (χ1) is 8.19. The first-order valence-electron chi connectivity index (χ1n) is 6.47. The fraction of sp³-hybridized carbons (Fsp3) is 0.833. The average Bonchev–Trinajstić information content (AvgIpc) is 2.34. The first kappa shape index (κ1) is 12.5. The van der Waals surface area contributed by atoms with Crippen LogP contribution in [0.15, 0.2) is 0 Å². The van der Waals surface area contributed by atoms with Gasteiger partial charge in [-0.2, -0.15) is 0 Å². The number of carbonyl (C=O) groups excluding carboxylic acids is 2. The fourth-order valence-electron chi connectivity index (χ4n) is 2.51. The van der Waals surface area contributed by atoms with Gasteiger partial charge in [0.15, 0.2) is 0 Å². The Morgan fingerprint density at radius 2 is 1.82 bits per heavy atom. The maximum Gasteiger partial charge on any atom is 0.230 e. The lowest BCUT2D eigenvalue weighted by Gasteiger charge is -2.36. The van der Waals surface area contributed by atoms with Crippen LogP contribution in [0.1, 0.15) is 19.8 Å². The molecule has 2 aliphatic rings. The van der Waals surface area contributed by atoms with Crippen LogP contribution in [-0.4, -0.2) is 60.9 Å². The summed E-state index contributed by atoms with van der Waals surface area (Å²) in [6, 6.07) is 0. The molecule has 1 atom stereocenters. The summed E-state index contributed by atoms with van der Waals surface area (Å²) in [7, 11) is 0. The Hall–Kier alpha value is -0.940. The zero-order valence-corrected chi connectivity index (χ0v) is 10.4. The minimum atomic E-state index is -0.123. The summed E-state index contributed by atoms with van der Waals surface area (Å²) >= 11 is 0. The van der Waals surface area contributed by atoms with Crippen molar-refractivity contribution in [1.82, 2.24) is 15.1 Å². The third kappa shape index (κ3) is 3.26. The summed E-state index contributed by atoms with van der Waals surface area (Å²) in [5, 5.41) is 2.42. The van der Waals surface area contributed by atoms with Crippen LogP contribution in [0, 0.1) is 5.92 Å². The second kappa shape index (κ2) is 5.60. The number of nitrogens with one attached hydrogen (secondary N) is 1. The van der Waals surface area contributed by atoms with Gasteiger partial charge >= 0.3 is 0 Å². The Morgan fingerprint density at radius 3 is 2.41 bits per heavy atom. The van der Waals surface area contributed by atoms with E-state index in [1.807, 2.05) is 0 Å². The average molecular weight is 239 g/mol. The van der Waals surface area contributed by atoms with E-state index in [2.05, 4.69) is 22.0 Å². The SMILES string of the molecule is CCN1CCN(CC2CCC(=O)NC2=O)CC1. The molecule has 2 amide bonds. The summed E-state index contributed by atoms with van der Waals surface area (Å²) in [6.45, 7) is 8.32. The maximum absolute atomic E-state index is 11.6. The summed E-state index contributed by atoms with van der Waals surface area (Å²) < 4.78 is 0. The van der Waals surface area contributed by atoms with Gasteiger partial charge in [0.05, 0.1) is 5.92 Å². The van der Waals surface area contributed by atoms with Gasteiger partial charge in [0.25, 0.3) is 0 Å². The van der Waals surface area contributed by atoms with Crippen LogP contribution in [0.2, 0.25) is 0 Å². The number of nitrogens with zero attached hydrogens (tertiary/aromatic N) is 2. The van der Waals surface area contributed by atoms with Crippen molar-refractivity contribution in [2.75, 3.05) is 39.3 Å². The molecule has 17 heavy (non-hydrogen) atoms. The molecule has 2 saturated heterocycles. The van der Waals surface area contributed by atoms with E-state index in [0.717, 1.165) is 39.3 Å². The first-order valence-corrected chi connectivity index (χ1v) is 6.47. The molecule has 0 saturated carbocycles. The number of carbonyl (C=O) groups is 2. The highest BCUT2D eigenvalue weighted by atomic mass is 16.2. The summed E-state index contributed by atoms with van der Waals surface area (Å²) in [4.78, 5) is 27.4. The molecule has 5 heteroatoms. The van der Waals surface area contributed by atoms with Crippen molar-refractivity contribution in [3.8, 4) is 0 Å². The van der Waals surface area contributed by atoms with Gasteiger partial charge in [-0.05, 0) is 13.0 Å². The summed E-state index contributed by atoms with van der Waals surface area (Å²) in [6.07, 6.45) is 1.20. The molecule has 1 N–H and O–H groups in total. The molecule has 1 unspecified atom stereocenters. The van der Waals surface area contributed by atoms with E-state index in [-0.39, 0.29) is 17.7 Å². The second-order valence-electron chi connectivity index (χ2n) is 4.88. The van der Waals surface area contributed by atoms with Gasteiger partial charge in [0.1, 0.15) is 0 Å². The molecular weight excluding hydrogens is 218 g/mol. The van der Waals surface area contributed by atoms with Crippen molar-refractivity contribution in [3.05, 3.63) is 0 Å². The Labute approximate surface area is 102 Å². The van der Waals surface area contributed by atoms with Crippen LogP contribution in [0.25, 0.3) is 0 Å². The normalized spacial score (nSPS) is 28.2. The molecule has 0 aromatic heterocycles. The van der Waals surface area contributed by atoms with Crippen molar-refractivity contribution < 1.29 is 9.59 Å². The van der Waals surface area contributed by atoms with Gasteiger partial charge in [-0.1, -0.05) is 6.92 Å². The zero-order valence-electron chi connectivity index (χ0n) is 10.4.